The highest BCUT2D eigenvalue weighted by Gasteiger charge is 2.38. The van der Waals surface area contributed by atoms with Crippen LogP contribution in [0.25, 0.3) is 0 Å². The van der Waals surface area contributed by atoms with Gasteiger partial charge in [-0.25, -0.2) is 0 Å². The molecule has 0 saturated carbocycles. The number of hydrogen-bond acceptors (Lipinski definition) is 4. The number of nitrogens with zero attached hydrogens (tertiary/aromatic N) is 1. The van der Waals surface area contributed by atoms with Gasteiger partial charge >= 0.3 is 5.97 Å². The van der Waals surface area contributed by atoms with E-state index < -0.39 is 13.0 Å². The van der Waals surface area contributed by atoms with Crippen molar-refractivity contribution < 1.29 is 19.0 Å². The summed E-state index contributed by atoms with van der Waals surface area (Å²) < 4.78 is 16.3. The van der Waals surface area contributed by atoms with Crippen molar-refractivity contribution in [3.63, 3.8) is 0 Å². The van der Waals surface area contributed by atoms with Crippen molar-refractivity contribution >= 4 is 13.3 Å². The summed E-state index contributed by atoms with van der Waals surface area (Å²) in [6.07, 6.45) is 0.177. The fourth-order valence-electron chi connectivity index (χ4n) is 1.28. The first-order valence-corrected chi connectivity index (χ1v) is 5.95. The third-order valence-electron chi connectivity index (χ3n) is 1.90. The summed E-state index contributed by atoms with van der Waals surface area (Å²) in [7, 11) is 0.192. The number of hydrogen-bond donors (Lipinski definition) is 1. The fraction of sp³-hybridized carbons (Fsp3) is 0.857. The van der Waals surface area contributed by atoms with E-state index >= 15 is 0 Å². The molecule has 0 aromatic carbocycles. The van der Waals surface area contributed by atoms with Gasteiger partial charge in [0.05, 0.1) is 18.4 Å². The van der Waals surface area contributed by atoms with Crippen LogP contribution in [0.1, 0.15) is 6.42 Å². The van der Waals surface area contributed by atoms with Gasteiger partial charge in [0.15, 0.2) is 0 Å². The maximum absolute atomic E-state index is 11.7. The van der Waals surface area contributed by atoms with Gasteiger partial charge in [-0.3, -0.25) is 9.36 Å². The van der Waals surface area contributed by atoms with Crippen LogP contribution in [-0.4, -0.2) is 48.4 Å². The number of ether oxygens (including phenoxy) is 1. The van der Waals surface area contributed by atoms with E-state index in [9.17, 15) is 14.3 Å². The van der Waals surface area contributed by atoms with Crippen LogP contribution >= 0.6 is 7.37 Å². The minimum absolute atomic E-state index is 0.0710. The summed E-state index contributed by atoms with van der Waals surface area (Å²) in [6, 6.07) is 0. The van der Waals surface area contributed by atoms with Crippen molar-refractivity contribution in [2.24, 2.45) is 0 Å². The third-order valence-corrected chi connectivity index (χ3v) is 4.34. The van der Waals surface area contributed by atoms with Crippen LogP contribution < -0.4 is 0 Å². The summed E-state index contributed by atoms with van der Waals surface area (Å²) in [6.45, 7) is 0.0838. The molecule has 0 bridgehead atoms. The molecule has 1 saturated heterocycles. The lowest BCUT2D eigenvalue weighted by molar-refractivity contribution is -0.137. The Labute approximate surface area is 77.1 Å². The maximum atomic E-state index is 11.7. The van der Waals surface area contributed by atoms with Crippen molar-refractivity contribution in [1.29, 1.82) is 0 Å². The Kier molecular flexibility index (Phi) is 3.11. The van der Waals surface area contributed by atoms with Gasteiger partial charge in [-0.1, -0.05) is 0 Å². The molecule has 1 rings (SSSR count). The quantitative estimate of drug-likeness (QED) is 0.524. The zero-order valence-corrected chi connectivity index (χ0v) is 8.66. The molecule has 0 aromatic rings. The standard InChI is InChI=1S/C7H14NO4P/c1-8(2)5-13(10,11)6-3-7(9)12-4-6/h6H,3-5H2,1-2H3,(H,10,11)/t6-/m0/s1. The summed E-state index contributed by atoms with van der Waals surface area (Å²) in [5.74, 6) is -0.377. The molecule has 1 fully saturated rings. The van der Waals surface area contributed by atoms with Crippen LogP contribution in [0.2, 0.25) is 0 Å². The third kappa shape index (κ3) is 2.79. The molecule has 0 aliphatic carbocycles. The summed E-state index contributed by atoms with van der Waals surface area (Å²) in [5, 5.41) is 0. The second-order valence-electron chi connectivity index (χ2n) is 3.52. The molecule has 0 aromatic heterocycles. The van der Waals surface area contributed by atoms with Crippen molar-refractivity contribution in [1.82, 2.24) is 4.90 Å². The molecule has 1 aliphatic rings. The lowest BCUT2D eigenvalue weighted by Crippen LogP contribution is -2.20. The molecule has 1 unspecified atom stereocenters. The van der Waals surface area contributed by atoms with Crippen molar-refractivity contribution in [2.75, 3.05) is 27.0 Å². The Hall–Kier alpha value is -0.380. The van der Waals surface area contributed by atoms with Crippen LogP contribution in [0.4, 0.5) is 0 Å². The smallest absolute Gasteiger partial charge is 0.306 e. The van der Waals surface area contributed by atoms with Crippen LogP contribution in [0.3, 0.4) is 0 Å². The van der Waals surface area contributed by atoms with Crippen molar-refractivity contribution in [3.8, 4) is 0 Å². The van der Waals surface area contributed by atoms with Crippen LogP contribution in [-0.2, 0) is 14.1 Å². The number of cyclic esters (lactones) is 1. The van der Waals surface area contributed by atoms with Gasteiger partial charge < -0.3 is 14.5 Å². The summed E-state index contributed by atoms with van der Waals surface area (Å²) >= 11 is 0. The average molecular weight is 207 g/mol. The Balaban J connectivity index is 2.59. The van der Waals surface area contributed by atoms with E-state index in [1.54, 1.807) is 19.0 Å². The Bertz CT molecular complexity index is 253. The topological polar surface area (TPSA) is 66.8 Å². The van der Waals surface area contributed by atoms with E-state index in [1.807, 2.05) is 0 Å². The molecule has 0 radical (unpaired) electrons. The molecular formula is C7H14NO4P. The maximum Gasteiger partial charge on any atom is 0.306 e. The molecule has 76 valence electrons. The predicted molar refractivity (Wildman–Crippen MR) is 47.7 cm³/mol. The zero-order valence-electron chi connectivity index (χ0n) is 7.77. The lowest BCUT2D eigenvalue weighted by Gasteiger charge is -2.19. The molecule has 1 aliphatic heterocycles. The number of rotatable bonds is 3. The van der Waals surface area contributed by atoms with Gasteiger partial charge in [-0.05, 0) is 14.1 Å². The molecule has 0 amide bonds. The van der Waals surface area contributed by atoms with E-state index in [2.05, 4.69) is 4.74 Å². The normalized spacial score (nSPS) is 27.4. The number of carbonyl (C=O) groups is 1. The minimum Gasteiger partial charge on any atom is -0.465 e. The molecule has 13 heavy (non-hydrogen) atoms. The van der Waals surface area contributed by atoms with Gasteiger partial charge in [0.1, 0.15) is 6.61 Å². The van der Waals surface area contributed by atoms with E-state index in [4.69, 9.17) is 0 Å². The summed E-state index contributed by atoms with van der Waals surface area (Å²) in [4.78, 5) is 21.9. The predicted octanol–water partition coefficient (Wildman–Crippen LogP) is 0.0914. The first-order chi connectivity index (χ1) is 5.92. The molecule has 0 spiro atoms. The molecule has 5 nitrogen and oxygen atoms in total. The molecule has 6 heteroatoms. The van der Waals surface area contributed by atoms with Gasteiger partial charge in [-0.2, -0.15) is 0 Å². The van der Waals surface area contributed by atoms with Crippen molar-refractivity contribution in [2.45, 2.75) is 12.1 Å². The largest absolute Gasteiger partial charge is 0.465 e. The van der Waals surface area contributed by atoms with Crippen LogP contribution in [0, 0.1) is 0 Å². The average Bonchev–Trinajstić information content (AvgIpc) is 2.32. The Morgan fingerprint density at radius 1 is 1.69 bits per heavy atom. The first kappa shape index (κ1) is 10.7. The van der Waals surface area contributed by atoms with Gasteiger partial charge in [0, 0.05) is 0 Å². The van der Waals surface area contributed by atoms with Crippen LogP contribution in [0.5, 0.6) is 0 Å². The Morgan fingerprint density at radius 2 is 2.31 bits per heavy atom. The number of carbonyl (C=O) groups excluding carboxylic acids is 1. The summed E-state index contributed by atoms with van der Waals surface area (Å²) in [5.41, 5.74) is -0.512. The second-order valence-corrected chi connectivity index (χ2v) is 6.04. The molecule has 1 N–H and O–H groups in total. The monoisotopic (exact) mass is 207 g/mol. The van der Waals surface area contributed by atoms with E-state index in [0.717, 1.165) is 0 Å². The highest BCUT2D eigenvalue weighted by molar-refractivity contribution is 7.58. The molecule has 2 atom stereocenters. The van der Waals surface area contributed by atoms with Crippen LogP contribution in [0.15, 0.2) is 0 Å². The lowest BCUT2D eigenvalue weighted by atomic mass is 10.4. The van der Waals surface area contributed by atoms with Gasteiger partial charge in [0.2, 0.25) is 7.37 Å². The van der Waals surface area contributed by atoms with E-state index in [1.165, 1.54) is 0 Å². The fourth-order valence-corrected chi connectivity index (χ4v) is 3.06. The molecular weight excluding hydrogens is 193 g/mol. The number of esters is 1. The SMILES string of the molecule is CN(C)CP(=O)(O)[C@@H]1COC(=O)C1. The second kappa shape index (κ2) is 3.78. The highest BCUT2D eigenvalue weighted by Crippen LogP contribution is 2.49. The highest BCUT2D eigenvalue weighted by atomic mass is 31.2. The van der Waals surface area contributed by atoms with Gasteiger partial charge in [0.25, 0.3) is 0 Å². The first-order valence-electron chi connectivity index (χ1n) is 4.03. The van der Waals surface area contributed by atoms with Gasteiger partial charge in [-0.15, -0.1) is 0 Å². The molecule has 1 heterocycles. The Morgan fingerprint density at radius 3 is 2.69 bits per heavy atom. The zero-order chi connectivity index (χ0) is 10.1. The minimum atomic E-state index is -3.25. The van der Waals surface area contributed by atoms with E-state index in [-0.39, 0.29) is 25.3 Å². The van der Waals surface area contributed by atoms with E-state index in [0.29, 0.717) is 0 Å². The van der Waals surface area contributed by atoms with Crippen molar-refractivity contribution in [3.05, 3.63) is 0 Å².